The molecular formula is C20H31N3O3S. The molecule has 0 bridgehead atoms. The molecule has 1 N–H and O–H groups in total. The third-order valence-electron chi connectivity index (χ3n) is 5.61. The molecule has 2 aliphatic rings. The van der Waals surface area contributed by atoms with E-state index < -0.39 is 10.0 Å². The van der Waals surface area contributed by atoms with E-state index in [1.165, 1.54) is 6.42 Å². The number of hydrogen-bond donors (Lipinski definition) is 1. The molecule has 27 heavy (non-hydrogen) atoms. The van der Waals surface area contributed by atoms with Gasteiger partial charge >= 0.3 is 0 Å². The van der Waals surface area contributed by atoms with E-state index in [2.05, 4.69) is 22.3 Å². The molecule has 0 radical (unpaired) electrons. The van der Waals surface area contributed by atoms with Crippen molar-refractivity contribution in [1.82, 2.24) is 9.62 Å². The summed E-state index contributed by atoms with van der Waals surface area (Å²) in [4.78, 5) is 14.3. The van der Waals surface area contributed by atoms with Gasteiger partial charge in [-0.2, -0.15) is 4.31 Å². The molecule has 0 unspecified atom stereocenters. The number of rotatable bonds is 7. The Hall–Kier alpha value is -1.60. The van der Waals surface area contributed by atoms with Gasteiger partial charge in [0.05, 0.1) is 5.75 Å². The van der Waals surface area contributed by atoms with Gasteiger partial charge in [0.15, 0.2) is 0 Å². The van der Waals surface area contributed by atoms with E-state index in [1.807, 2.05) is 18.2 Å². The number of sulfonamides is 1. The molecule has 1 amide bonds. The van der Waals surface area contributed by atoms with Crippen LogP contribution < -0.4 is 10.2 Å². The number of carbonyl (C=O) groups excluding carboxylic acids is 1. The fourth-order valence-electron chi connectivity index (χ4n) is 3.97. The molecule has 7 heteroatoms. The molecule has 1 saturated carbocycles. The van der Waals surface area contributed by atoms with Crippen molar-refractivity contribution in [3.63, 3.8) is 0 Å². The molecule has 0 atom stereocenters. The maximum Gasteiger partial charge on any atom is 0.223 e. The molecule has 1 heterocycles. The van der Waals surface area contributed by atoms with Crippen molar-refractivity contribution in [2.45, 2.75) is 38.5 Å². The first-order valence-corrected chi connectivity index (χ1v) is 11.7. The van der Waals surface area contributed by atoms with Crippen LogP contribution in [0.5, 0.6) is 0 Å². The number of nitrogens with zero attached hydrogens (tertiary/aromatic N) is 2. The van der Waals surface area contributed by atoms with E-state index in [1.54, 1.807) is 4.31 Å². The Balaban J connectivity index is 1.38. The van der Waals surface area contributed by atoms with E-state index in [4.69, 9.17) is 0 Å². The van der Waals surface area contributed by atoms with Gasteiger partial charge in [-0.3, -0.25) is 4.79 Å². The molecule has 1 aromatic rings. The van der Waals surface area contributed by atoms with Crippen LogP contribution >= 0.6 is 0 Å². The fourth-order valence-corrected chi connectivity index (χ4v) is 5.45. The highest BCUT2D eigenvalue weighted by atomic mass is 32.2. The minimum Gasteiger partial charge on any atom is -0.369 e. The zero-order valence-corrected chi connectivity index (χ0v) is 16.8. The lowest BCUT2D eigenvalue weighted by molar-refractivity contribution is -0.125. The second-order valence-electron chi connectivity index (χ2n) is 7.52. The van der Waals surface area contributed by atoms with Crippen molar-refractivity contribution >= 4 is 21.6 Å². The average Bonchev–Trinajstić information content (AvgIpc) is 2.72. The van der Waals surface area contributed by atoms with Crippen LogP contribution in [0.15, 0.2) is 30.3 Å². The van der Waals surface area contributed by atoms with E-state index in [0.717, 1.165) is 31.4 Å². The topological polar surface area (TPSA) is 69.7 Å². The number of benzene rings is 1. The molecule has 0 spiro atoms. The highest BCUT2D eigenvalue weighted by molar-refractivity contribution is 7.89. The molecule has 6 nitrogen and oxygen atoms in total. The van der Waals surface area contributed by atoms with E-state index in [-0.39, 0.29) is 17.6 Å². The van der Waals surface area contributed by atoms with Crippen molar-refractivity contribution in [2.24, 2.45) is 5.92 Å². The normalized spacial score (nSPS) is 19.8. The summed E-state index contributed by atoms with van der Waals surface area (Å²) in [5.41, 5.74) is 1.14. The largest absolute Gasteiger partial charge is 0.369 e. The number of hydrogen-bond acceptors (Lipinski definition) is 4. The summed E-state index contributed by atoms with van der Waals surface area (Å²) in [5.74, 6) is 0.327. The Morgan fingerprint density at radius 2 is 1.67 bits per heavy atom. The molecule has 1 aromatic carbocycles. The maximum absolute atomic E-state index is 12.6. The molecule has 1 saturated heterocycles. The highest BCUT2D eigenvalue weighted by Gasteiger charge is 2.27. The summed E-state index contributed by atoms with van der Waals surface area (Å²) < 4.78 is 26.7. The Kier molecular flexibility index (Phi) is 7.13. The van der Waals surface area contributed by atoms with Gasteiger partial charge < -0.3 is 10.2 Å². The number of amides is 1. The summed E-state index contributed by atoms with van der Waals surface area (Å²) in [6, 6.07) is 10.1. The molecular weight excluding hydrogens is 362 g/mol. The smallest absolute Gasteiger partial charge is 0.223 e. The third-order valence-corrected chi connectivity index (χ3v) is 7.56. The molecule has 1 aliphatic carbocycles. The lowest BCUT2D eigenvalue weighted by Crippen LogP contribution is -2.49. The zero-order valence-electron chi connectivity index (χ0n) is 16.0. The van der Waals surface area contributed by atoms with Gasteiger partial charge in [0.1, 0.15) is 0 Å². The molecule has 0 aromatic heterocycles. The maximum atomic E-state index is 12.6. The van der Waals surface area contributed by atoms with Crippen LogP contribution in [0.2, 0.25) is 0 Å². The molecule has 2 fully saturated rings. The van der Waals surface area contributed by atoms with Crippen LogP contribution in [0.4, 0.5) is 5.69 Å². The van der Waals surface area contributed by atoms with E-state index in [0.29, 0.717) is 39.1 Å². The van der Waals surface area contributed by atoms with E-state index >= 15 is 0 Å². The van der Waals surface area contributed by atoms with Gasteiger partial charge in [0, 0.05) is 44.3 Å². The van der Waals surface area contributed by atoms with Crippen LogP contribution in [0.25, 0.3) is 0 Å². The average molecular weight is 394 g/mol. The predicted octanol–water partition coefficient (Wildman–Crippen LogP) is 2.23. The summed E-state index contributed by atoms with van der Waals surface area (Å²) >= 11 is 0. The minimum atomic E-state index is -3.26. The van der Waals surface area contributed by atoms with Crippen molar-refractivity contribution in [1.29, 1.82) is 0 Å². The predicted molar refractivity (Wildman–Crippen MR) is 108 cm³/mol. The monoisotopic (exact) mass is 393 g/mol. The summed E-state index contributed by atoms with van der Waals surface area (Å²) in [6.45, 7) is 2.90. The quantitative estimate of drug-likeness (QED) is 0.721. The zero-order chi connectivity index (χ0) is 19.1. The number of para-hydroxylation sites is 1. The lowest BCUT2D eigenvalue weighted by atomic mass is 9.89. The summed E-state index contributed by atoms with van der Waals surface area (Å²) in [7, 11) is -3.26. The number of piperazine rings is 1. The standard InChI is InChI=1S/C20H31N3O3S/c24-20(18-8-3-1-4-9-18)21-12-7-17-27(25,26)23-15-13-22(14-16-23)19-10-5-2-6-11-19/h2,5-6,10-11,18H,1,3-4,7-9,12-17H2,(H,21,24). The fraction of sp³-hybridized carbons (Fsp3) is 0.650. The van der Waals surface area contributed by atoms with Gasteiger partial charge in [-0.15, -0.1) is 0 Å². The van der Waals surface area contributed by atoms with Crippen LogP contribution in [0, 0.1) is 5.92 Å². The van der Waals surface area contributed by atoms with Crippen LogP contribution in [-0.4, -0.2) is 57.1 Å². The lowest BCUT2D eigenvalue weighted by Gasteiger charge is -2.35. The van der Waals surface area contributed by atoms with Crippen molar-refractivity contribution < 1.29 is 13.2 Å². The van der Waals surface area contributed by atoms with E-state index in [9.17, 15) is 13.2 Å². The second-order valence-corrected chi connectivity index (χ2v) is 9.61. The Labute approximate surface area is 163 Å². The van der Waals surface area contributed by atoms with Crippen molar-refractivity contribution in [3.8, 4) is 0 Å². The first-order valence-electron chi connectivity index (χ1n) is 10.1. The Morgan fingerprint density at radius 1 is 1.00 bits per heavy atom. The summed E-state index contributed by atoms with van der Waals surface area (Å²) in [6.07, 6.45) is 5.88. The number of carbonyl (C=O) groups is 1. The van der Waals surface area contributed by atoms with Gasteiger partial charge in [-0.25, -0.2) is 8.42 Å². The molecule has 3 rings (SSSR count). The van der Waals surface area contributed by atoms with Gasteiger partial charge in [-0.05, 0) is 31.4 Å². The van der Waals surface area contributed by atoms with Crippen LogP contribution in [0.3, 0.4) is 0 Å². The van der Waals surface area contributed by atoms with Crippen molar-refractivity contribution in [2.75, 3.05) is 43.4 Å². The minimum absolute atomic E-state index is 0.100. The van der Waals surface area contributed by atoms with Gasteiger partial charge in [0.25, 0.3) is 0 Å². The first-order chi connectivity index (χ1) is 13.1. The second kappa shape index (κ2) is 9.55. The van der Waals surface area contributed by atoms with Gasteiger partial charge in [0.2, 0.25) is 15.9 Å². The Bertz CT molecular complexity index is 694. The SMILES string of the molecule is O=C(NCCCS(=O)(=O)N1CCN(c2ccccc2)CC1)C1CCCCC1. The number of nitrogens with one attached hydrogen (secondary N) is 1. The van der Waals surface area contributed by atoms with Crippen LogP contribution in [-0.2, 0) is 14.8 Å². The van der Waals surface area contributed by atoms with Crippen molar-refractivity contribution in [3.05, 3.63) is 30.3 Å². The molecule has 150 valence electrons. The summed E-state index contributed by atoms with van der Waals surface area (Å²) in [5, 5.41) is 2.93. The number of anilines is 1. The Morgan fingerprint density at radius 3 is 2.33 bits per heavy atom. The molecule has 1 aliphatic heterocycles. The third kappa shape index (κ3) is 5.69. The van der Waals surface area contributed by atoms with Crippen LogP contribution in [0.1, 0.15) is 38.5 Å². The highest BCUT2D eigenvalue weighted by Crippen LogP contribution is 2.23. The van der Waals surface area contributed by atoms with Gasteiger partial charge in [-0.1, -0.05) is 37.5 Å². The first kappa shape index (κ1) is 20.1.